The summed E-state index contributed by atoms with van der Waals surface area (Å²) < 4.78 is 5.42. The van der Waals surface area contributed by atoms with Crippen molar-refractivity contribution in [3.8, 4) is 0 Å². The van der Waals surface area contributed by atoms with Gasteiger partial charge < -0.3 is 19.9 Å². The zero-order chi connectivity index (χ0) is 20.9. The van der Waals surface area contributed by atoms with E-state index in [1.165, 1.54) is 0 Å². The van der Waals surface area contributed by atoms with E-state index in [4.69, 9.17) is 4.74 Å². The van der Waals surface area contributed by atoms with E-state index in [9.17, 15) is 9.59 Å². The molecule has 1 N–H and O–H groups in total. The van der Waals surface area contributed by atoms with E-state index in [2.05, 4.69) is 10.2 Å². The SMILES string of the molecule is CN(Cc1ccccc1)C(=O)C(C)(C)C(=O)Nc1ccccc1N1CCOCC1. The maximum atomic E-state index is 13.1. The van der Waals surface area contributed by atoms with Crippen molar-refractivity contribution in [1.82, 2.24) is 4.90 Å². The van der Waals surface area contributed by atoms with Gasteiger partial charge in [0.1, 0.15) is 5.41 Å². The van der Waals surface area contributed by atoms with Crippen molar-refractivity contribution in [3.63, 3.8) is 0 Å². The third-order valence-electron chi connectivity index (χ3n) is 5.22. The van der Waals surface area contributed by atoms with Gasteiger partial charge in [-0.15, -0.1) is 0 Å². The predicted octanol–water partition coefficient (Wildman–Crippen LogP) is 3.15. The molecule has 1 heterocycles. The van der Waals surface area contributed by atoms with Gasteiger partial charge in [0.15, 0.2) is 0 Å². The summed E-state index contributed by atoms with van der Waals surface area (Å²) in [5, 5.41) is 2.98. The monoisotopic (exact) mass is 395 g/mol. The van der Waals surface area contributed by atoms with Crippen LogP contribution in [0.25, 0.3) is 0 Å². The number of rotatable bonds is 6. The Morgan fingerprint density at radius 2 is 1.66 bits per heavy atom. The molecule has 0 spiro atoms. The molecule has 0 aliphatic carbocycles. The quantitative estimate of drug-likeness (QED) is 0.764. The van der Waals surface area contributed by atoms with Crippen LogP contribution in [0.5, 0.6) is 0 Å². The minimum atomic E-state index is -1.19. The maximum absolute atomic E-state index is 13.1. The second-order valence-corrected chi connectivity index (χ2v) is 7.84. The van der Waals surface area contributed by atoms with Crippen LogP contribution in [0.15, 0.2) is 54.6 Å². The van der Waals surface area contributed by atoms with Gasteiger partial charge in [-0.05, 0) is 31.5 Å². The van der Waals surface area contributed by atoms with Gasteiger partial charge in [-0.3, -0.25) is 9.59 Å². The Balaban J connectivity index is 1.71. The molecule has 0 saturated carbocycles. The number of morpholine rings is 1. The number of hydrogen-bond acceptors (Lipinski definition) is 4. The minimum absolute atomic E-state index is 0.220. The molecule has 2 amide bonds. The number of nitrogens with one attached hydrogen (secondary N) is 1. The fraction of sp³-hybridized carbons (Fsp3) is 0.391. The highest BCUT2D eigenvalue weighted by Crippen LogP contribution is 2.29. The number of benzene rings is 2. The number of para-hydroxylation sites is 2. The maximum Gasteiger partial charge on any atom is 0.239 e. The normalized spacial score (nSPS) is 14.4. The molecule has 1 saturated heterocycles. The molecule has 0 unspecified atom stereocenters. The van der Waals surface area contributed by atoms with Gasteiger partial charge >= 0.3 is 0 Å². The summed E-state index contributed by atoms with van der Waals surface area (Å²) in [5.41, 5.74) is 1.50. The standard InChI is InChI=1S/C23H29N3O3/c1-23(2,22(28)25(3)17-18-9-5-4-6-10-18)21(27)24-19-11-7-8-12-20(19)26-13-15-29-16-14-26/h4-12H,13-17H2,1-3H3,(H,24,27). The van der Waals surface area contributed by atoms with Crippen molar-refractivity contribution in [1.29, 1.82) is 0 Å². The highest BCUT2D eigenvalue weighted by molar-refractivity contribution is 6.10. The average molecular weight is 396 g/mol. The topological polar surface area (TPSA) is 61.9 Å². The number of anilines is 2. The van der Waals surface area contributed by atoms with Crippen LogP contribution in [0.2, 0.25) is 0 Å². The molecule has 0 aromatic heterocycles. The lowest BCUT2D eigenvalue weighted by Gasteiger charge is -2.32. The first kappa shape index (κ1) is 20.9. The van der Waals surface area contributed by atoms with Gasteiger partial charge in [-0.2, -0.15) is 0 Å². The molecule has 2 aromatic carbocycles. The molecule has 154 valence electrons. The minimum Gasteiger partial charge on any atom is -0.378 e. The van der Waals surface area contributed by atoms with Crippen molar-refractivity contribution < 1.29 is 14.3 Å². The van der Waals surface area contributed by atoms with Gasteiger partial charge in [0.05, 0.1) is 24.6 Å². The Morgan fingerprint density at radius 1 is 1.03 bits per heavy atom. The molecule has 1 aliphatic rings. The van der Waals surface area contributed by atoms with E-state index in [0.29, 0.717) is 25.4 Å². The van der Waals surface area contributed by atoms with Crippen LogP contribution in [0.4, 0.5) is 11.4 Å². The van der Waals surface area contributed by atoms with Gasteiger partial charge in [0, 0.05) is 26.7 Å². The summed E-state index contributed by atoms with van der Waals surface area (Å²) in [4.78, 5) is 29.9. The van der Waals surface area contributed by atoms with Crippen LogP contribution >= 0.6 is 0 Å². The van der Waals surface area contributed by atoms with E-state index < -0.39 is 5.41 Å². The first-order valence-corrected chi connectivity index (χ1v) is 9.92. The summed E-state index contributed by atoms with van der Waals surface area (Å²) in [6.45, 7) is 6.67. The number of carbonyl (C=O) groups is 2. The lowest BCUT2D eigenvalue weighted by Crippen LogP contribution is -2.46. The number of carbonyl (C=O) groups excluding carboxylic acids is 2. The number of ether oxygens (including phenoxy) is 1. The smallest absolute Gasteiger partial charge is 0.239 e. The molecule has 0 atom stereocenters. The molecular weight excluding hydrogens is 366 g/mol. The molecule has 0 radical (unpaired) electrons. The van der Waals surface area contributed by atoms with Crippen molar-refractivity contribution >= 4 is 23.2 Å². The van der Waals surface area contributed by atoms with E-state index >= 15 is 0 Å². The van der Waals surface area contributed by atoms with Gasteiger partial charge in [-0.25, -0.2) is 0 Å². The summed E-state index contributed by atoms with van der Waals surface area (Å²) >= 11 is 0. The second kappa shape index (κ2) is 9.09. The van der Waals surface area contributed by atoms with Gasteiger partial charge in [0.25, 0.3) is 0 Å². The van der Waals surface area contributed by atoms with E-state index in [1.807, 2.05) is 54.6 Å². The zero-order valence-corrected chi connectivity index (χ0v) is 17.4. The van der Waals surface area contributed by atoms with Crippen LogP contribution in [0, 0.1) is 5.41 Å². The molecule has 6 nitrogen and oxygen atoms in total. The largest absolute Gasteiger partial charge is 0.378 e. The van der Waals surface area contributed by atoms with E-state index in [-0.39, 0.29) is 11.8 Å². The van der Waals surface area contributed by atoms with Crippen LogP contribution in [0.3, 0.4) is 0 Å². The number of hydrogen-bond donors (Lipinski definition) is 1. The lowest BCUT2D eigenvalue weighted by molar-refractivity contribution is -0.145. The summed E-state index contributed by atoms with van der Waals surface area (Å²) in [5.74, 6) is -0.536. The second-order valence-electron chi connectivity index (χ2n) is 7.84. The number of amides is 2. The van der Waals surface area contributed by atoms with E-state index in [0.717, 1.165) is 24.3 Å². The third kappa shape index (κ3) is 4.95. The molecule has 3 rings (SSSR count). The van der Waals surface area contributed by atoms with Crippen molar-refractivity contribution in [2.75, 3.05) is 43.6 Å². The zero-order valence-electron chi connectivity index (χ0n) is 17.4. The summed E-state index contributed by atoms with van der Waals surface area (Å²) in [7, 11) is 1.73. The molecule has 1 aliphatic heterocycles. The number of nitrogens with zero attached hydrogens (tertiary/aromatic N) is 2. The fourth-order valence-electron chi connectivity index (χ4n) is 3.44. The highest BCUT2D eigenvalue weighted by Gasteiger charge is 2.38. The summed E-state index contributed by atoms with van der Waals surface area (Å²) in [6.07, 6.45) is 0. The van der Waals surface area contributed by atoms with Crippen molar-refractivity contribution in [3.05, 3.63) is 60.2 Å². The Hall–Kier alpha value is -2.86. The molecule has 2 aromatic rings. The van der Waals surface area contributed by atoms with Crippen LogP contribution < -0.4 is 10.2 Å². The van der Waals surface area contributed by atoms with Crippen LogP contribution in [-0.2, 0) is 20.9 Å². The molecular formula is C23H29N3O3. The first-order valence-electron chi connectivity index (χ1n) is 9.92. The Morgan fingerprint density at radius 3 is 2.34 bits per heavy atom. The summed E-state index contributed by atoms with van der Waals surface area (Å²) in [6, 6.07) is 17.4. The van der Waals surface area contributed by atoms with Crippen molar-refractivity contribution in [2.45, 2.75) is 20.4 Å². The van der Waals surface area contributed by atoms with Crippen LogP contribution in [-0.4, -0.2) is 50.1 Å². The lowest BCUT2D eigenvalue weighted by atomic mass is 9.90. The Kier molecular flexibility index (Phi) is 6.54. The fourth-order valence-corrected chi connectivity index (χ4v) is 3.44. The first-order chi connectivity index (χ1) is 13.9. The van der Waals surface area contributed by atoms with Crippen molar-refractivity contribution in [2.24, 2.45) is 5.41 Å². The highest BCUT2D eigenvalue weighted by atomic mass is 16.5. The molecule has 6 heteroatoms. The molecule has 29 heavy (non-hydrogen) atoms. The predicted molar refractivity (Wildman–Crippen MR) is 115 cm³/mol. The Labute approximate surface area is 172 Å². The third-order valence-corrected chi connectivity index (χ3v) is 5.22. The average Bonchev–Trinajstić information content (AvgIpc) is 2.74. The molecule has 0 bridgehead atoms. The van der Waals surface area contributed by atoms with E-state index in [1.54, 1.807) is 25.8 Å². The van der Waals surface area contributed by atoms with Gasteiger partial charge in [0.2, 0.25) is 11.8 Å². The van der Waals surface area contributed by atoms with Gasteiger partial charge in [-0.1, -0.05) is 42.5 Å². The Bertz CT molecular complexity index is 845. The van der Waals surface area contributed by atoms with Crippen LogP contribution in [0.1, 0.15) is 19.4 Å². The molecule has 1 fully saturated rings.